The van der Waals surface area contributed by atoms with Gasteiger partial charge in [-0.25, -0.2) is 9.97 Å². The second-order valence-electron chi connectivity index (χ2n) is 12.2. The van der Waals surface area contributed by atoms with Crippen LogP contribution in [0.1, 0.15) is 25.0 Å². The van der Waals surface area contributed by atoms with Gasteiger partial charge in [0.2, 0.25) is 0 Å². The Morgan fingerprint density at radius 1 is 0.523 bits per heavy atom. The Bertz CT molecular complexity index is 2400. The minimum Gasteiger partial charge on any atom is -0.242 e. The van der Waals surface area contributed by atoms with Crippen LogP contribution in [0.15, 0.2) is 133 Å². The molecule has 0 atom stereocenters. The van der Waals surface area contributed by atoms with Crippen molar-refractivity contribution in [3.8, 4) is 44.8 Å². The average molecular weight is 581 g/mol. The van der Waals surface area contributed by atoms with Gasteiger partial charge in [0, 0.05) is 26.6 Å². The maximum Gasteiger partial charge on any atom is 0.143 e. The average Bonchev–Trinajstić information content (AvgIpc) is 3.56. The van der Waals surface area contributed by atoms with E-state index in [0.29, 0.717) is 0 Å². The number of hydrogen-bond donors (Lipinski definition) is 0. The highest BCUT2D eigenvalue weighted by Gasteiger charge is 2.36. The molecule has 8 aromatic rings. The highest BCUT2D eigenvalue weighted by molar-refractivity contribution is 7.25. The third-order valence-electron chi connectivity index (χ3n) is 9.29. The second kappa shape index (κ2) is 9.44. The Morgan fingerprint density at radius 2 is 1.20 bits per heavy atom. The van der Waals surface area contributed by atoms with Crippen LogP contribution in [0.2, 0.25) is 0 Å². The summed E-state index contributed by atoms with van der Waals surface area (Å²) in [4.78, 5) is 11.4. The Kier molecular flexibility index (Phi) is 5.45. The van der Waals surface area contributed by atoms with Crippen LogP contribution in [0.4, 0.5) is 0 Å². The van der Waals surface area contributed by atoms with E-state index < -0.39 is 0 Å². The molecule has 0 radical (unpaired) electrons. The predicted octanol–water partition coefficient (Wildman–Crippen LogP) is 11.3. The Hall–Kier alpha value is -5.12. The summed E-state index contributed by atoms with van der Waals surface area (Å²) >= 11 is 1.70. The van der Waals surface area contributed by atoms with Crippen molar-refractivity contribution in [3.63, 3.8) is 0 Å². The third-order valence-corrected chi connectivity index (χ3v) is 10.3. The molecule has 2 heterocycles. The molecular formula is C41H28N2S. The van der Waals surface area contributed by atoms with Gasteiger partial charge >= 0.3 is 0 Å². The number of thiophene rings is 1. The molecule has 6 aromatic carbocycles. The molecule has 0 unspecified atom stereocenters. The van der Waals surface area contributed by atoms with Gasteiger partial charge in [-0.3, -0.25) is 0 Å². The van der Waals surface area contributed by atoms with Gasteiger partial charge in [-0.2, -0.15) is 0 Å². The summed E-state index contributed by atoms with van der Waals surface area (Å²) in [5.74, 6) is 0. The van der Waals surface area contributed by atoms with Crippen LogP contribution in [-0.2, 0) is 5.41 Å². The molecule has 9 rings (SSSR count). The van der Waals surface area contributed by atoms with Crippen molar-refractivity contribution in [2.24, 2.45) is 0 Å². The fourth-order valence-corrected chi connectivity index (χ4v) is 8.16. The van der Waals surface area contributed by atoms with Gasteiger partial charge in [-0.1, -0.05) is 135 Å². The monoisotopic (exact) mass is 580 g/mol. The minimum absolute atomic E-state index is 0.0268. The van der Waals surface area contributed by atoms with E-state index in [0.717, 1.165) is 38.2 Å². The van der Waals surface area contributed by atoms with Gasteiger partial charge in [-0.05, 0) is 56.3 Å². The van der Waals surface area contributed by atoms with Gasteiger partial charge < -0.3 is 0 Å². The number of fused-ring (bicyclic) bond motifs is 8. The molecule has 3 heteroatoms. The van der Waals surface area contributed by atoms with Crippen LogP contribution in [0, 0.1) is 0 Å². The third kappa shape index (κ3) is 3.73. The quantitative estimate of drug-likeness (QED) is 0.208. The van der Waals surface area contributed by atoms with Crippen molar-refractivity contribution in [1.29, 1.82) is 0 Å². The Balaban J connectivity index is 1.15. The van der Waals surface area contributed by atoms with Gasteiger partial charge in [0.1, 0.15) is 10.3 Å². The maximum absolute atomic E-state index is 5.27. The van der Waals surface area contributed by atoms with Gasteiger partial charge in [0.25, 0.3) is 0 Å². The first-order valence-corrected chi connectivity index (χ1v) is 15.9. The number of hydrogen-bond acceptors (Lipinski definition) is 3. The van der Waals surface area contributed by atoms with E-state index in [9.17, 15) is 0 Å². The van der Waals surface area contributed by atoms with Crippen molar-refractivity contribution in [1.82, 2.24) is 9.97 Å². The summed E-state index contributed by atoms with van der Waals surface area (Å²) in [5, 5.41) is 3.77. The number of nitrogens with zero attached hydrogens (tertiary/aromatic N) is 2. The topological polar surface area (TPSA) is 25.8 Å². The molecule has 208 valence electrons. The van der Waals surface area contributed by atoms with Crippen molar-refractivity contribution >= 4 is 42.5 Å². The largest absolute Gasteiger partial charge is 0.242 e. The fraction of sp³-hybridized carbons (Fsp3) is 0.0732. The van der Waals surface area contributed by atoms with Crippen molar-refractivity contribution in [2.75, 3.05) is 0 Å². The van der Waals surface area contributed by atoms with E-state index >= 15 is 0 Å². The first-order valence-electron chi connectivity index (χ1n) is 15.1. The second-order valence-corrected chi connectivity index (χ2v) is 13.2. The van der Waals surface area contributed by atoms with Gasteiger partial charge in [-0.15, -0.1) is 11.3 Å². The van der Waals surface area contributed by atoms with Gasteiger partial charge in [0.05, 0.1) is 11.4 Å². The summed E-state index contributed by atoms with van der Waals surface area (Å²) in [6, 6.07) is 48.1. The van der Waals surface area contributed by atoms with E-state index in [1.807, 2.05) is 6.07 Å². The van der Waals surface area contributed by atoms with E-state index in [-0.39, 0.29) is 5.41 Å². The smallest absolute Gasteiger partial charge is 0.143 e. The minimum atomic E-state index is -0.0268. The highest BCUT2D eigenvalue weighted by atomic mass is 32.1. The highest BCUT2D eigenvalue weighted by Crippen LogP contribution is 2.51. The molecule has 1 aliphatic carbocycles. The molecule has 1 aliphatic rings. The van der Waals surface area contributed by atoms with Crippen LogP contribution in [-0.4, -0.2) is 9.97 Å². The molecule has 2 aromatic heterocycles. The molecule has 44 heavy (non-hydrogen) atoms. The van der Waals surface area contributed by atoms with Crippen LogP contribution in [0.3, 0.4) is 0 Å². The standard InChI is InChI=1S/C41H28N2S/c1-41(2)34-14-8-6-12-31(34)32-23-21-29-24-28(20-22-30(29)36(32)41)25-16-18-27(19-17-25)37-38(26-10-4-3-5-11-26)43-40-39(42-37)33-13-7-9-15-35(33)44-40/h3-24H,1-2H3. The molecule has 0 spiro atoms. The SMILES string of the molecule is CC1(C)c2ccccc2-c2ccc3cc(-c4ccc(-c5nc6c(nc5-c5ccccc5)sc5ccccc56)cc4)ccc3c21. The van der Waals surface area contributed by atoms with E-state index in [2.05, 4.69) is 141 Å². The van der Waals surface area contributed by atoms with Crippen LogP contribution < -0.4 is 0 Å². The van der Waals surface area contributed by atoms with Crippen molar-refractivity contribution in [3.05, 3.63) is 145 Å². The number of benzene rings is 6. The molecule has 0 saturated heterocycles. The zero-order valence-electron chi connectivity index (χ0n) is 24.5. The number of aromatic nitrogens is 2. The van der Waals surface area contributed by atoms with E-state index in [1.54, 1.807) is 11.3 Å². The lowest BCUT2D eigenvalue weighted by Gasteiger charge is -2.23. The summed E-state index contributed by atoms with van der Waals surface area (Å²) in [5.41, 5.74) is 12.9. The number of rotatable bonds is 3. The summed E-state index contributed by atoms with van der Waals surface area (Å²) in [6.07, 6.45) is 0. The first kappa shape index (κ1) is 25.4. The van der Waals surface area contributed by atoms with Gasteiger partial charge in [0.15, 0.2) is 0 Å². The molecule has 0 N–H and O–H groups in total. The molecule has 0 saturated carbocycles. The van der Waals surface area contributed by atoms with Crippen molar-refractivity contribution in [2.45, 2.75) is 19.3 Å². The summed E-state index contributed by atoms with van der Waals surface area (Å²) in [6.45, 7) is 4.71. The van der Waals surface area contributed by atoms with Crippen LogP contribution in [0.25, 0.3) is 76.0 Å². The summed E-state index contributed by atoms with van der Waals surface area (Å²) in [7, 11) is 0. The lowest BCUT2D eigenvalue weighted by Crippen LogP contribution is -2.15. The Labute approximate surface area is 260 Å². The molecule has 0 amide bonds. The first-order chi connectivity index (χ1) is 21.6. The van der Waals surface area contributed by atoms with Crippen LogP contribution in [0.5, 0.6) is 0 Å². The lowest BCUT2D eigenvalue weighted by atomic mass is 9.80. The van der Waals surface area contributed by atoms with E-state index in [4.69, 9.17) is 9.97 Å². The molecule has 0 aliphatic heterocycles. The Morgan fingerprint density at radius 3 is 2.07 bits per heavy atom. The zero-order valence-corrected chi connectivity index (χ0v) is 25.3. The van der Waals surface area contributed by atoms with Crippen LogP contribution >= 0.6 is 11.3 Å². The fourth-order valence-electron chi connectivity index (χ4n) is 7.15. The molecular weight excluding hydrogens is 553 g/mol. The summed E-state index contributed by atoms with van der Waals surface area (Å²) < 4.78 is 1.21. The normalized spacial score (nSPS) is 13.4. The lowest BCUT2D eigenvalue weighted by molar-refractivity contribution is 0.666. The molecule has 0 bridgehead atoms. The van der Waals surface area contributed by atoms with Crippen molar-refractivity contribution < 1.29 is 0 Å². The zero-order chi connectivity index (χ0) is 29.4. The maximum atomic E-state index is 5.27. The molecule has 0 fully saturated rings. The molecule has 2 nitrogen and oxygen atoms in total. The predicted molar refractivity (Wildman–Crippen MR) is 186 cm³/mol. The van der Waals surface area contributed by atoms with E-state index in [1.165, 1.54) is 48.9 Å².